The Labute approximate surface area is 176 Å². The molecule has 1 aromatic heterocycles. The molecule has 0 unspecified atom stereocenters. The molecule has 0 spiro atoms. The van der Waals surface area contributed by atoms with Gasteiger partial charge < -0.3 is 15.3 Å². The van der Waals surface area contributed by atoms with Gasteiger partial charge in [0.05, 0.1) is 32.4 Å². The quantitative estimate of drug-likeness (QED) is 0.492. The normalized spacial score (nSPS) is 12.4. The first-order valence-electron chi connectivity index (χ1n) is 9.47. The topological polar surface area (TPSA) is 78.5 Å². The molecule has 0 aliphatic heterocycles. The fourth-order valence-electron chi connectivity index (χ4n) is 3.42. The van der Waals surface area contributed by atoms with Crippen molar-refractivity contribution >= 4 is 0 Å². The van der Waals surface area contributed by atoms with E-state index in [0.29, 0.717) is 5.56 Å². The fourth-order valence-corrected chi connectivity index (χ4v) is 3.42. The van der Waals surface area contributed by atoms with Gasteiger partial charge in [0.25, 0.3) is 0 Å². The van der Waals surface area contributed by atoms with Gasteiger partial charge >= 0.3 is 6.18 Å². The van der Waals surface area contributed by atoms with Crippen molar-refractivity contribution in [3.63, 3.8) is 0 Å². The summed E-state index contributed by atoms with van der Waals surface area (Å²) in [6, 6.07) is 8.14. The third-order valence-corrected chi connectivity index (χ3v) is 5.16. The van der Waals surface area contributed by atoms with Crippen LogP contribution in [0.15, 0.2) is 48.8 Å². The smallest absolute Gasteiger partial charge is 0.393 e. The number of aliphatic hydroxyl groups is 3. The second kappa shape index (κ2) is 8.78. The van der Waals surface area contributed by atoms with Gasteiger partial charge in [0, 0.05) is 11.8 Å². The minimum atomic E-state index is -4.45. The van der Waals surface area contributed by atoms with Gasteiger partial charge in [0.2, 0.25) is 0 Å². The van der Waals surface area contributed by atoms with Crippen LogP contribution in [0.5, 0.6) is 0 Å². The lowest BCUT2D eigenvalue weighted by molar-refractivity contribution is -0.127. The van der Waals surface area contributed by atoms with Gasteiger partial charge in [-0.15, -0.1) is 0 Å². The molecular weight excluding hydrogens is 416 g/mol. The average Bonchev–Trinajstić information content (AvgIpc) is 3.23. The van der Waals surface area contributed by atoms with E-state index in [1.165, 1.54) is 35.3 Å². The zero-order valence-corrected chi connectivity index (χ0v) is 16.7. The number of aliphatic hydroxyl groups excluding tert-OH is 3. The van der Waals surface area contributed by atoms with Crippen LogP contribution < -0.4 is 0 Å². The van der Waals surface area contributed by atoms with Gasteiger partial charge in [0.15, 0.2) is 0 Å². The molecule has 0 aliphatic carbocycles. The van der Waals surface area contributed by atoms with E-state index in [1.807, 2.05) is 0 Å². The van der Waals surface area contributed by atoms with E-state index in [0.717, 1.165) is 12.1 Å². The lowest BCUT2D eigenvalue weighted by Gasteiger charge is -2.25. The molecule has 166 valence electrons. The van der Waals surface area contributed by atoms with E-state index in [1.54, 1.807) is 13.0 Å². The summed E-state index contributed by atoms with van der Waals surface area (Å²) in [4.78, 5) is 0. The van der Waals surface area contributed by atoms with Crippen LogP contribution in [-0.2, 0) is 18.6 Å². The van der Waals surface area contributed by atoms with E-state index in [9.17, 15) is 32.9 Å². The minimum absolute atomic E-state index is 0.0134. The number of benzene rings is 2. The van der Waals surface area contributed by atoms with Gasteiger partial charge in [-0.3, -0.25) is 4.68 Å². The highest BCUT2D eigenvalue weighted by Gasteiger charge is 2.30. The van der Waals surface area contributed by atoms with Crippen molar-refractivity contribution in [1.82, 2.24) is 9.78 Å². The summed E-state index contributed by atoms with van der Waals surface area (Å²) in [5, 5.41) is 33.2. The molecule has 1 heterocycles. The number of hydrogen-bond donors (Lipinski definition) is 3. The zero-order valence-electron chi connectivity index (χ0n) is 16.7. The molecule has 0 saturated carbocycles. The van der Waals surface area contributed by atoms with Crippen LogP contribution in [0.2, 0.25) is 0 Å². The van der Waals surface area contributed by atoms with Crippen LogP contribution >= 0.6 is 0 Å². The summed E-state index contributed by atoms with van der Waals surface area (Å²) >= 11 is 0. The number of aromatic nitrogens is 2. The number of halogens is 4. The Morgan fingerprint density at radius 3 is 2.26 bits per heavy atom. The molecule has 0 aliphatic rings. The van der Waals surface area contributed by atoms with Gasteiger partial charge in [-0.1, -0.05) is 24.3 Å². The van der Waals surface area contributed by atoms with E-state index in [-0.39, 0.29) is 27.8 Å². The third kappa shape index (κ3) is 4.79. The molecule has 31 heavy (non-hydrogen) atoms. The molecule has 0 amide bonds. The maximum atomic E-state index is 14.3. The van der Waals surface area contributed by atoms with E-state index < -0.39 is 43.8 Å². The predicted molar refractivity (Wildman–Crippen MR) is 107 cm³/mol. The highest BCUT2D eigenvalue weighted by molar-refractivity contribution is 5.87. The number of nitrogens with zero attached hydrogens (tertiary/aromatic N) is 2. The standard InChI is InChI=1S/C22H22F4N2O3/c1-21(12-30,13-31)28-10-16(9-27-28)19-7-17(23)6-15(11-29)20(19)18-5-3-2-4-14(18)8-22(24,25)26/h2-7,9-10,29-31H,8,11-13H2,1H3. The molecular formula is C22H22F4N2O3. The Bertz CT molecular complexity index is 1060. The summed E-state index contributed by atoms with van der Waals surface area (Å²) in [6.07, 6.45) is -2.80. The Hall–Kier alpha value is -2.75. The monoisotopic (exact) mass is 438 g/mol. The second-order valence-corrected chi connectivity index (χ2v) is 7.58. The molecule has 3 rings (SSSR count). The molecule has 3 N–H and O–H groups in total. The number of hydrogen-bond acceptors (Lipinski definition) is 4. The van der Waals surface area contributed by atoms with Crippen LogP contribution in [0.1, 0.15) is 18.1 Å². The summed E-state index contributed by atoms with van der Waals surface area (Å²) in [7, 11) is 0. The van der Waals surface area contributed by atoms with Crippen molar-refractivity contribution in [1.29, 1.82) is 0 Å². The molecule has 0 radical (unpaired) electrons. The van der Waals surface area contributed by atoms with Crippen LogP contribution in [0, 0.1) is 5.82 Å². The first-order chi connectivity index (χ1) is 14.6. The van der Waals surface area contributed by atoms with Crippen LogP contribution in [0.25, 0.3) is 22.3 Å². The maximum Gasteiger partial charge on any atom is 0.393 e. The first-order valence-corrected chi connectivity index (χ1v) is 9.47. The highest BCUT2D eigenvalue weighted by Crippen LogP contribution is 2.39. The first kappa shape index (κ1) is 22.9. The molecule has 3 aromatic rings. The SMILES string of the molecule is CC(CO)(CO)n1cc(-c2cc(F)cc(CO)c2-c2ccccc2CC(F)(F)F)cn1. The fraction of sp³-hybridized carbons (Fsp3) is 0.318. The van der Waals surface area contributed by atoms with Crippen LogP contribution in [0.3, 0.4) is 0 Å². The van der Waals surface area contributed by atoms with Crippen molar-refractivity contribution in [3.05, 3.63) is 65.7 Å². The summed E-state index contributed by atoms with van der Waals surface area (Å²) in [5.41, 5.74) is 0.0728. The van der Waals surface area contributed by atoms with Crippen molar-refractivity contribution in [2.24, 2.45) is 0 Å². The predicted octanol–water partition coefficient (Wildman–Crippen LogP) is 3.65. The Morgan fingerprint density at radius 1 is 0.968 bits per heavy atom. The number of rotatable bonds is 7. The lowest BCUT2D eigenvalue weighted by atomic mass is 9.88. The molecule has 0 bridgehead atoms. The lowest BCUT2D eigenvalue weighted by Crippen LogP contribution is -2.38. The Balaban J connectivity index is 2.25. The van der Waals surface area contributed by atoms with Crippen molar-refractivity contribution < 1.29 is 32.9 Å². The minimum Gasteiger partial charge on any atom is -0.394 e. The summed E-state index contributed by atoms with van der Waals surface area (Å²) in [5.74, 6) is -0.670. The van der Waals surface area contributed by atoms with E-state index in [4.69, 9.17) is 0 Å². The van der Waals surface area contributed by atoms with Gasteiger partial charge in [0.1, 0.15) is 11.4 Å². The van der Waals surface area contributed by atoms with Gasteiger partial charge in [-0.2, -0.15) is 18.3 Å². The second-order valence-electron chi connectivity index (χ2n) is 7.58. The van der Waals surface area contributed by atoms with Crippen molar-refractivity contribution in [2.75, 3.05) is 13.2 Å². The van der Waals surface area contributed by atoms with Crippen molar-refractivity contribution in [3.8, 4) is 22.3 Å². The van der Waals surface area contributed by atoms with Gasteiger partial charge in [-0.25, -0.2) is 4.39 Å². The van der Waals surface area contributed by atoms with Crippen LogP contribution in [-0.4, -0.2) is 44.5 Å². The largest absolute Gasteiger partial charge is 0.394 e. The van der Waals surface area contributed by atoms with E-state index >= 15 is 0 Å². The molecule has 0 saturated heterocycles. The molecule has 9 heteroatoms. The van der Waals surface area contributed by atoms with Gasteiger partial charge in [-0.05, 0) is 46.9 Å². The van der Waals surface area contributed by atoms with E-state index in [2.05, 4.69) is 5.10 Å². The zero-order chi connectivity index (χ0) is 22.8. The highest BCUT2D eigenvalue weighted by atomic mass is 19.4. The third-order valence-electron chi connectivity index (χ3n) is 5.16. The number of alkyl halides is 3. The van der Waals surface area contributed by atoms with Crippen molar-refractivity contribution in [2.45, 2.75) is 31.7 Å². The summed E-state index contributed by atoms with van der Waals surface area (Å²) < 4.78 is 55.1. The maximum absolute atomic E-state index is 14.3. The van der Waals surface area contributed by atoms with Crippen LogP contribution in [0.4, 0.5) is 17.6 Å². The Morgan fingerprint density at radius 2 is 1.65 bits per heavy atom. The molecule has 2 aromatic carbocycles. The average molecular weight is 438 g/mol. The molecule has 5 nitrogen and oxygen atoms in total. The molecule has 0 atom stereocenters. The Kier molecular flexibility index (Phi) is 6.49. The summed E-state index contributed by atoms with van der Waals surface area (Å²) in [6.45, 7) is 0.140. The molecule has 0 fully saturated rings.